The van der Waals surface area contributed by atoms with Crippen molar-refractivity contribution in [1.82, 2.24) is 15.6 Å². The van der Waals surface area contributed by atoms with Crippen LogP contribution in [0.5, 0.6) is 0 Å². The smallest absolute Gasteiger partial charge is 0.291 e. The van der Waals surface area contributed by atoms with E-state index in [9.17, 15) is 4.79 Å². The van der Waals surface area contributed by atoms with Gasteiger partial charge in [0.1, 0.15) is 0 Å². The molecule has 1 aromatic carbocycles. The summed E-state index contributed by atoms with van der Waals surface area (Å²) in [6, 6.07) is 8.92. The first-order chi connectivity index (χ1) is 9.06. The molecule has 2 rings (SSSR count). The van der Waals surface area contributed by atoms with E-state index in [0.717, 1.165) is 11.3 Å². The molecule has 2 aromatic rings. The number of nitrogen functional groups attached to an aromatic ring is 1. The number of aryl methyl sites for hydroxylation is 1. The van der Waals surface area contributed by atoms with Crippen molar-refractivity contribution in [2.45, 2.75) is 13.8 Å². The van der Waals surface area contributed by atoms with Crippen molar-refractivity contribution >= 4 is 17.3 Å². The van der Waals surface area contributed by atoms with Gasteiger partial charge in [-0.1, -0.05) is 12.1 Å². The third-order valence-corrected chi connectivity index (χ3v) is 2.59. The van der Waals surface area contributed by atoms with E-state index in [-0.39, 0.29) is 5.91 Å². The number of nitrogens with one attached hydrogen (secondary N) is 2. The Morgan fingerprint density at radius 3 is 2.63 bits per heavy atom. The first-order valence-corrected chi connectivity index (χ1v) is 5.79. The highest BCUT2D eigenvalue weighted by Gasteiger charge is 2.08. The largest absolute Gasteiger partial charge is 0.399 e. The second kappa shape index (κ2) is 5.34. The van der Waals surface area contributed by atoms with Gasteiger partial charge in [0.25, 0.3) is 5.91 Å². The molecule has 0 bridgehead atoms. The number of hydrazone groups is 1. The van der Waals surface area contributed by atoms with Crippen LogP contribution in [0.3, 0.4) is 0 Å². The lowest BCUT2D eigenvalue weighted by Crippen LogP contribution is -2.19. The maximum atomic E-state index is 11.7. The normalized spacial score (nSPS) is 11.4. The van der Waals surface area contributed by atoms with Crippen molar-refractivity contribution in [3.05, 3.63) is 47.3 Å². The summed E-state index contributed by atoms with van der Waals surface area (Å²) in [6.07, 6.45) is 0. The van der Waals surface area contributed by atoms with E-state index in [4.69, 9.17) is 5.73 Å². The molecule has 1 aromatic heterocycles. The SMILES string of the molecule is C/C(=N/NC(=O)c1cc(C)[nH]n1)c1ccc(N)cc1. The Morgan fingerprint density at radius 2 is 2.05 bits per heavy atom. The Kier molecular flexibility index (Phi) is 3.61. The van der Waals surface area contributed by atoms with Gasteiger partial charge in [0.2, 0.25) is 0 Å². The number of nitrogens with two attached hydrogens (primary N) is 1. The molecule has 0 unspecified atom stereocenters. The minimum atomic E-state index is -0.348. The number of carbonyl (C=O) groups excluding carboxylic acids is 1. The van der Waals surface area contributed by atoms with Crippen LogP contribution in [0.4, 0.5) is 5.69 Å². The van der Waals surface area contributed by atoms with Crippen LogP contribution in [-0.4, -0.2) is 21.8 Å². The highest BCUT2D eigenvalue weighted by Crippen LogP contribution is 2.06. The highest BCUT2D eigenvalue weighted by molar-refractivity contribution is 6.00. The number of amides is 1. The molecular weight excluding hydrogens is 242 g/mol. The van der Waals surface area contributed by atoms with Gasteiger partial charge >= 0.3 is 0 Å². The Bertz CT molecular complexity index is 612. The van der Waals surface area contributed by atoms with Crippen LogP contribution >= 0.6 is 0 Å². The van der Waals surface area contributed by atoms with Crippen LogP contribution in [0, 0.1) is 6.92 Å². The van der Waals surface area contributed by atoms with Gasteiger partial charge in [-0.2, -0.15) is 10.2 Å². The van der Waals surface area contributed by atoms with Crippen molar-refractivity contribution in [3.8, 4) is 0 Å². The predicted octanol–water partition coefficient (Wildman–Crippen LogP) is 1.45. The second-order valence-corrected chi connectivity index (χ2v) is 4.20. The summed E-state index contributed by atoms with van der Waals surface area (Å²) >= 11 is 0. The number of aromatic amines is 1. The van der Waals surface area contributed by atoms with E-state index < -0.39 is 0 Å². The zero-order chi connectivity index (χ0) is 13.8. The summed E-state index contributed by atoms with van der Waals surface area (Å²) in [6.45, 7) is 3.63. The first kappa shape index (κ1) is 12.8. The van der Waals surface area contributed by atoms with Crippen LogP contribution in [-0.2, 0) is 0 Å². The Hall–Kier alpha value is -2.63. The summed E-state index contributed by atoms with van der Waals surface area (Å²) < 4.78 is 0. The molecule has 0 atom stereocenters. The van der Waals surface area contributed by atoms with E-state index in [1.54, 1.807) is 18.2 Å². The van der Waals surface area contributed by atoms with Crippen molar-refractivity contribution in [2.75, 3.05) is 5.73 Å². The summed E-state index contributed by atoms with van der Waals surface area (Å²) in [7, 11) is 0. The molecule has 0 radical (unpaired) electrons. The van der Waals surface area contributed by atoms with E-state index in [1.165, 1.54) is 0 Å². The monoisotopic (exact) mass is 257 g/mol. The van der Waals surface area contributed by atoms with Gasteiger partial charge in [0, 0.05) is 11.4 Å². The quantitative estimate of drug-likeness (QED) is 0.441. The number of anilines is 1. The molecule has 1 heterocycles. The van der Waals surface area contributed by atoms with E-state index in [0.29, 0.717) is 17.1 Å². The molecule has 0 saturated heterocycles. The van der Waals surface area contributed by atoms with Gasteiger partial charge < -0.3 is 5.73 Å². The van der Waals surface area contributed by atoms with Crippen molar-refractivity contribution in [2.24, 2.45) is 5.10 Å². The minimum absolute atomic E-state index is 0.311. The Morgan fingerprint density at radius 1 is 1.37 bits per heavy atom. The molecule has 0 aliphatic heterocycles. The van der Waals surface area contributed by atoms with Gasteiger partial charge in [-0.3, -0.25) is 9.89 Å². The summed E-state index contributed by atoms with van der Waals surface area (Å²) in [5.41, 5.74) is 11.5. The highest BCUT2D eigenvalue weighted by atomic mass is 16.2. The molecule has 6 nitrogen and oxygen atoms in total. The lowest BCUT2D eigenvalue weighted by molar-refractivity contribution is 0.0950. The molecular formula is C13H15N5O. The topological polar surface area (TPSA) is 96.2 Å². The number of hydrogen-bond donors (Lipinski definition) is 3. The van der Waals surface area contributed by atoms with Crippen molar-refractivity contribution in [3.63, 3.8) is 0 Å². The van der Waals surface area contributed by atoms with Gasteiger partial charge in [-0.15, -0.1) is 0 Å². The molecule has 0 fully saturated rings. The van der Waals surface area contributed by atoms with E-state index >= 15 is 0 Å². The lowest BCUT2D eigenvalue weighted by atomic mass is 10.1. The van der Waals surface area contributed by atoms with E-state index in [2.05, 4.69) is 20.7 Å². The fraction of sp³-hybridized carbons (Fsp3) is 0.154. The van der Waals surface area contributed by atoms with Crippen LogP contribution in [0.25, 0.3) is 0 Å². The number of nitrogens with zero attached hydrogens (tertiary/aromatic N) is 2. The second-order valence-electron chi connectivity index (χ2n) is 4.20. The number of carbonyl (C=O) groups is 1. The Labute approximate surface area is 110 Å². The zero-order valence-electron chi connectivity index (χ0n) is 10.8. The number of rotatable bonds is 3. The fourth-order valence-electron chi connectivity index (χ4n) is 1.52. The predicted molar refractivity (Wildman–Crippen MR) is 73.9 cm³/mol. The molecule has 0 spiro atoms. The number of hydrogen-bond acceptors (Lipinski definition) is 4. The van der Waals surface area contributed by atoms with Crippen LogP contribution < -0.4 is 11.2 Å². The fourth-order valence-corrected chi connectivity index (χ4v) is 1.52. The maximum absolute atomic E-state index is 11.7. The molecule has 6 heteroatoms. The lowest BCUT2D eigenvalue weighted by Gasteiger charge is -2.02. The van der Waals surface area contributed by atoms with Crippen molar-refractivity contribution in [1.29, 1.82) is 0 Å². The molecule has 1 amide bonds. The average molecular weight is 257 g/mol. The van der Waals surface area contributed by atoms with Gasteiger partial charge in [-0.05, 0) is 37.6 Å². The summed E-state index contributed by atoms with van der Waals surface area (Å²) in [5.74, 6) is -0.348. The third-order valence-electron chi connectivity index (χ3n) is 2.59. The molecule has 19 heavy (non-hydrogen) atoms. The van der Waals surface area contributed by atoms with Crippen LogP contribution in [0.1, 0.15) is 28.7 Å². The van der Waals surface area contributed by atoms with Gasteiger partial charge in [0.05, 0.1) is 5.71 Å². The number of H-pyrrole nitrogens is 1. The Balaban J connectivity index is 2.06. The van der Waals surface area contributed by atoms with E-state index in [1.807, 2.05) is 26.0 Å². The van der Waals surface area contributed by atoms with Crippen LogP contribution in [0.2, 0.25) is 0 Å². The third kappa shape index (κ3) is 3.19. The first-order valence-electron chi connectivity index (χ1n) is 5.79. The average Bonchev–Trinajstić information content (AvgIpc) is 2.83. The standard InChI is InChI=1S/C13H15N5O/c1-8-7-12(17-15-8)13(19)18-16-9(2)10-3-5-11(14)6-4-10/h3-7H,14H2,1-2H3,(H,15,17)(H,18,19)/b16-9-. The molecule has 0 aliphatic rings. The molecule has 0 aliphatic carbocycles. The minimum Gasteiger partial charge on any atom is -0.399 e. The van der Waals surface area contributed by atoms with Gasteiger partial charge in [-0.25, -0.2) is 5.43 Å². The summed E-state index contributed by atoms with van der Waals surface area (Å²) in [4.78, 5) is 11.7. The van der Waals surface area contributed by atoms with Gasteiger partial charge in [0.15, 0.2) is 5.69 Å². The zero-order valence-corrected chi connectivity index (χ0v) is 10.8. The molecule has 4 N–H and O–H groups in total. The van der Waals surface area contributed by atoms with Crippen LogP contribution in [0.15, 0.2) is 35.4 Å². The summed E-state index contributed by atoms with van der Waals surface area (Å²) in [5, 5.41) is 10.6. The number of benzene rings is 1. The molecule has 0 saturated carbocycles. The number of aromatic nitrogens is 2. The molecule has 98 valence electrons. The van der Waals surface area contributed by atoms with Crippen molar-refractivity contribution < 1.29 is 4.79 Å². The maximum Gasteiger partial charge on any atom is 0.291 e.